The van der Waals surface area contributed by atoms with Gasteiger partial charge in [0.25, 0.3) is 0 Å². The first kappa shape index (κ1) is 13.4. The van der Waals surface area contributed by atoms with Crippen LogP contribution in [0, 0.1) is 0 Å². The van der Waals surface area contributed by atoms with Gasteiger partial charge < -0.3 is 0 Å². The molecule has 5 heteroatoms. The Kier molecular flexibility index (Phi) is 4.16. The van der Waals surface area contributed by atoms with Gasteiger partial charge in [-0.2, -0.15) is 0 Å². The van der Waals surface area contributed by atoms with Gasteiger partial charge in [0.1, 0.15) is 0 Å². The summed E-state index contributed by atoms with van der Waals surface area (Å²) in [6, 6.07) is 17.7. The number of hydrogen-bond acceptors (Lipinski definition) is 2. The summed E-state index contributed by atoms with van der Waals surface area (Å²) in [6.45, 7) is 0. The van der Waals surface area contributed by atoms with Crippen LogP contribution in [0.5, 0.6) is 0 Å². The molecule has 3 nitrogen and oxygen atoms in total. The summed E-state index contributed by atoms with van der Waals surface area (Å²) in [4.78, 5) is 4.55. The van der Waals surface area contributed by atoms with Crippen LogP contribution in [0.15, 0.2) is 64.7 Å². The van der Waals surface area contributed by atoms with Crippen LogP contribution in [-0.2, 0) is 0 Å². The normalized spacial score (nSPS) is 16.6. The molecule has 0 atom stereocenters. The molecular formula is C15H12ClN3Se. The van der Waals surface area contributed by atoms with E-state index in [4.69, 9.17) is 11.6 Å². The van der Waals surface area contributed by atoms with Crippen molar-refractivity contribution in [2.24, 2.45) is 10.1 Å². The third-order valence-corrected chi connectivity index (χ3v) is 4.88. The first-order chi connectivity index (χ1) is 9.81. The molecule has 3 rings (SSSR count). The zero-order valence-corrected chi connectivity index (χ0v) is 13.1. The van der Waals surface area contributed by atoms with Gasteiger partial charge in [-0.25, -0.2) is 0 Å². The average Bonchev–Trinajstić information content (AvgIpc) is 2.51. The van der Waals surface area contributed by atoms with Crippen LogP contribution in [0.25, 0.3) is 0 Å². The Morgan fingerprint density at radius 3 is 2.45 bits per heavy atom. The molecule has 1 heterocycles. The molecule has 0 saturated heterocycles. The zero-order valence-electron chi connectivity index (χ0n) is 10.6. The van der Waals surface area contributed by atoms with E-state index in [0.29, 0.717) is 0 Å². The van der Waals surface area contributed by atoms with Gasteiger partial charge >= 0.3 is 129 Å². The van der Waals surface area contributed by atoms with Crippen LogP contribution in [0.1, 0.15) is 5.56 Å². The summed E-state index contributed by atoms with van der Waals surface area (Å²) in [6.07, 6.45) is 0. The summed E-state index contributed by atoms with van der Waals surface area (Å²) in [7, 11) is 0. The van der Waals surface area contributed by atoms with E-state index in [9.17, 15) is 0 Å². The second-order valence-corrected chi connectivity index (χ2v) is 6.68. The number of nitrogens with zero attached hydrogens (tertiary/aromatic N) is 2. The number of rotatable bonds is 2. The Hall–Kier alpha value is -1.61. The van der Waals surface area contributed by atoms with Gasteiger partial charge in [0.2, 0.25) is 0 Å². The quantitative estimate of drug-likeness (QED) is 0.829. The standard InChI is InChI=1S/C15H12ClN3Se/c16-12-6-8-13(9-7-12)17-15-19-18-14(10-20-15)11-4-2-1-3-5-11/h1-9H,10H2,(H,17,19). The first-order valence-corrected chi connectivity index (χ1v) is 8.61. The number of aliphatic imine (C=N–C) groups is 1. The summed E-state index contributed by atoms with van der Waals surface area (Å²) in [5, 5.41) is 6.10. The van der Waals surface area contributed by atoms with E-state index in [1.165, 1.54) is 5.56 Å². The minimum atomic E-state index is 0.270. The van der Waals surface area contributed by atoms with Crippen molar-refractivity contribution < 1.29 is 0 Å². The maximum atomic E-state index is 5.86. The summed E-state index contributed by atoms with van der Waals surface area (Å²) >= 11 is 6.13. The van der Waals surface area contributed by atoms with Crippen LogP contribution < -0.4 is 5.43 Å². The number of amidine groups is 1. The fraction of sp³-hybridized carbons (Fsp3) is 0.0667. The van der Waals surface area contributed by atoms with E-state index in [1.807, 2.05) is 42.5 Å². The first-order valence-electron chi connectivity index (χ1n) is 6.16. The van der Waals surface area contributed by atoms with Crippen molar-refractivity contribution in [3.05, 3.63) is 65.2 Å². The third kappa shape index (κ3) is 3.28. The number of nitrogens with one attached hydrogen (secondary N) is 1. The minimum absolute atomic E-state index is 0.270. The molecule has 100 valence electrons. The van der Waals surface area contributed by atoms with Gasteiger partial charge in [0, 0.05) is 0 Å². The predicted octanol–water partition coefficient (Wildman–Crippen LogP) is 3.46. The Bertz CT molecular complexity index is 651. The van der Waals surface area contributed by atoms with Crippen molar-refractivity contribution in [3.8, 4) is 0 Å². The van der Waals surface area contributed by atoms with Crippen LogP contribution in [-0.4, -0.2) is 25.4 Å². The zero-order chi connectivity index (χ0) is 13.8. The summed E-state index contributed by atoms with van der Waals surface area (Å²) in [5.41, 5.74) is 6.24. The van der Waals surface area contributed by atoms with Gasteiger partial charge in [-0.05, 0) is 0 Å². The van der Waals surface area contributed by atoms with E-state index in [2.05, 4.69) is 27.7 Å². The maximum absolute atomic E-state index is 5.86. The molecule has 0 aliphatic carbocycles. The molecule has 2 aromatic carbocycles. The molecule has 0 bridgehead atoms. The summed E-state index contributed by atoms with van der Waals surface area (Å²) < 4.78 is 0.944. The molecule has 0 amide bonds. The molecule has 1 aliphatic heterocycles. The monoisotopic (exact) mass is 349 g/mol. The van der Waals surface area contributed by atoms with Crippen molar-refractivity contribution in [3.63, 3.8) is 0 Å². The number of benzene rings is 2. The van der Waals surface area contributed by atoms with Crippen molar-refractivity contribution in [2.75, 3.05) is 0 Å². The van der Waals surface area contributed by atoms with Crippen LogP contribution in [0.2, 0.25) is 10.3 Å². The molecule has 0 saturated carbocycles. The van der Waals surface area contributed by atoms with Crippen LogP contribution in [0.4, 0.5) is 5.69 Å². The Balaban J connectivity index is 1.74. The predicted molar refractivity (Wildman–Crippen MR) is 85.2 cm³/mol. The Labute approximate surface area is 128 Å². The SMILES string of the molecule is Clc1ccc(N=C2NN=C(c3ccccc3)C[Se]2)cc1. The van der Waals surface area contributed by atoms with Crippen molar-refractivity contribution in [2.45, 2.75) is 5.32 Å². The molecule has 0 aromatic heterocycles. The van der Waals surface area contributed by atoms with E-state index in [0.717, 1.165) is 26.5 Å². The van der Waals surface area contributed by atoms with Crippen LogP contribution >= 0.6 is 11.6 Å². The second kappa shape index (κ2) is 6.23. The third-order valence-electron chi connectivity index (χ3n) is 2.80. The number of halogens is 1. The van der Waals surface area contributed by atoms with Crippen LogP contribution in [0.3, 0.4) is 0 Å². The summed E-state index contributed by atoms with van der Waals surface area (Å²) in [5.74, 6) is 0. The average molecular weight is 349 g/mol. The number of hydrazone groups is 1. The van der Waals surface area contributed by atoms with Gasteiger partial charge in [-0.15, -0.1) is 0 Å². The van der Waals surface area contributed by atoms with E-state index < -0.39 is 0 Å². The Morgan fingerprint density at radius 2 is 1.80 bits per heavy atom. The molecule has 2 aromatic rings. The molecule has 0 radical (unpaired) electrons. The molecule has 0 unspecified atom stereocenters. The Morgan fingerprint density at radius 1 is 1.05 bits per heavy atom. The van der Waals surface area contributed by atoms with Crippen molar-refractivity contribution in [1.29, 1.82) is 0 Å². The molecule has 20 heavy (non-hydrogen) atoms. The number of hydrogen-bond donors (Lipinski definition) is 1. The van der Waals surface area contributed by atoms with E-state index in [1.54, 1.807) is 0 Å². The fourth-order valence-corrected chi connectivity index (χ4v) is 3.56. The molecular weight excluding hydrogens is 337 g/mol. The molecule has 1 aliphatic rings. The molecule has 0 fully saturated rings. The fourth-order valence-electron chi connectivity index (χ4n) is 1.79. The van der Waals surface area contributed by atoms with E-state index >= 15 is 0 Å². The van der Waals surface area contributed by atoms with Gasteiger partial charge in [0.15, 0.2) is 0 Å². The molecule has 1 N–H and O–H groups in total. The van der Waals surface area contributed by atoms with Gasteiger partial charge in [-0.1, -0.05) is 0 Å². The topological polar surface area (TPSA) is 36.8 Å². The van der Waals surface area contributed by atoms with Crippen molar-refractivity contribution >= 4 is 42.7 Å². The molecule has 0 spiro atoms. The second-order valence-electron chi connectivity index (χ2n) is 4.22. The van der Waals surface area contributed by atoms with Gasteiger partial charge in [0.05, 0.1) is 0 Å². The van der Waals surface area contributed by atoms with E-state index in [-0.39, 0.29) is 15.0 Å². The van der Waals surface area contributed by atoms with Gasteiger partial charge in [-0.3, -0.25) is 0 Å². The van der Waals surface area contributed by atoms with Crippen molar-refractivity contribution in [1.82, 2.24) is 5.43 Å².